The van der Waals surface area contributed by atoms with Gasteiger partial charge in [0.15, 0.2) is 5.96 Å². The predicted molar refractivity (Wildman–Crippen MR) is 91.1 cm³/mol. The average Bonchev–Trinajstić information content (AvgIpc) is 3.07. The fourth-order valence-electron chi connectivity index (χ4n) is 3.93. The van der Waals surface area contributed by atoms with Crippen LogP contribution in [-0.4, -0.2) is 68.3 Å². The number of hydrogen-bond acceptors (Lipinski definition) is 2. The maximum Gasteiger partial charge on any atom is 0.401 e. The second kappa shape index (κ2) is 8.41. The van der Waals surface area contributed by atoms with Gasteiger partial charge in [-0.1, -0.05) is 13.8 Å². The van der Waals surface area contributed by atoms with E-state index in [-0.39, 0.29) is 5.92 Å². The van der Waals surface area contributed by atoms with Gasteiger partial charge in [0.25, 0.3) is 0 Å². The normalized spacial score (nSPS) is 26.6. The Morgan fingerprint density at radius 3 is 2.50 bits per heavy atom. The Hall–Kier alpha value is -0.980. The molecule has 0 aromatic heterocycles. The standard InChI is InChI=1S/C17H31F3N4/c1-13(2)8-14-5-7-24(11-14)16(21-3)22-9-15-4-6-23(10-15)12-17(18,19)20/h13-15H,4-12H2,1-3H3,(H,21,22). The number of alkyl halides is 3. The Morgan fingerprint density at radius 1 is 1.17 bits per heavy atom. The van der Waals surface area contributed by atoms with Crippen LogP contribution in [0.15, 0.2) is 4.99 Å². The van der Waals surface area contributed by atoms with Crippen molar-refractivity contribution >= 4 is 5.96 Å². The molecule has 0 amide bonds. The zero-order valence-corrected chi connectivity index (χ0v) is 15.1. The van der Waals surface area contributed by atoms with E-state index in [4.69, 9.17) is 0 Å². The molecular weight excluding hydrogens is 317 g/mol. The van der Waals surface area contributed by atoms with Gasteiger partial charge in [0.05, 0.1) is 6.54 Å². The van der Waals surface area contributed by atoms with Crippen LogP contribution in [0.25, 0.3) is 0 Å². The molecule has 2 saturated heterocycles. The van der Waals surface area contributed by atoms with Crippen LogP contribution in [0.2, 0.25) is 0 Å². The quantitative estimate of drug-likeness (QED) is 0.612. The van der Waals surface area contributed by atoms with Crippen molar-refractivity contribution in [3.63, 3.8) is 0 Å². The van der Waals surface area contributed by atoms with Crippen LogP contribution in [0.1, 0.15) is 33.1 Å². The summed E-state index contributed by atoms with van der Waals surface area (Å²) in [5, 5.41) is 3.38. The van der Waals surface area contributed by atoms with Crippen LogP contribution in [0.4, 0.5) is 13.2 Å². The van der Waals surface area contributed by atoms with Crippen molar-refractivity contribution in [1.29, 1.82) is 0 Å². The molecule has 0 aromatic rings. The zero-order chi connectivity index (χ0) is 17.7. The highest BCUT2D eigenvalue weighted by Crippen LogP contribution is 2.24. The van der Waals surface area contributed by atoms with Crippen LogP contribution in [0.3, 0.4) is 0 Å². The van der Waals surface area contributed by atoms with Gasteiger partial charge in [-0.05, 0) is 43.6 Å². The minimum Gasteiger partial charge on any atom is -0.356 e. The Labute approximate surface area is 143 Å². The van der Waals surface area contributed by atoms with E-state index < -0.39 is 12.7 Å². The summed E-state index contributed by atoms with van der Waals surface area (Å²) in [4.78, 5) is 8.15. The predicted octanol–water partition coefficient (Wildman–Crippen LogP) is 2.81. The largest absolute Gasteiger partial charge is 0.401 e. The monoisotopic (exact) mass is 348 g/mol. The van der Waals surface area contributed by atoms with E-state index in [0.717, 1.165) is 31.4 Å². The topological polar surface area (TPSA) is 30.9 Å². The summed E-state index contributed by atoms with van der Waals surface area (Å²) in [5.41, 5.74) is 0. The first-order valence-electron chi connectivity index (χ1n) is 9.01. The molecule has 0 spiro atoms. The maximum atomic E-state index is 12.5. The number of nitrogens with zero attached hydrogens (tertiary/aromatic N) is 3. The summed E-state index contributed by atoms with van der Waals surface area (Å²) in [5.74, 6) is 2.59. The second-order valence-electron chi connectivity index (χ2n) is 7.66. The van der Waals surface area contributed by atoms with Gasteiger partial charge in [0.1, 0.15) is 0 Å². The SMILES string of the molecule is CN=C(NCC1CCN(CC(F)(F)F)C1)N1CCC(CC(C)C)C1. The summed E-state index contributed by atoms with van der Waals surface area (Å²) in [6, 6.07) is 0. The number of guanidine groups is 1. The van der Waals surface area contributed by atoms with Gasteiger partial charge in [-0.15, -0.1) is 0 Å². The van der Waals surface area contributed by atoms with Crippen molar-refractivity contribution in [3.05, 3.63) is 0 Å². The molecule has 0 radical (unpaired) electrons. The highest BCUT2D eigenvalue weighted by Gasteiger charge is 2.34. The van der Waals surface area contributed by atoms with Gasteiger partial charge >= 0.3 is 6.18 Å². The number of halogens is 3. The van der Waals surface area contributed by atoms with Gasteiger partial charge in [-0.2, -0.15) is 13.2 Å². The first-order valence-corrected chi connectivity index (χ1v) is 9.01. The molecular formula is C17H31F3N4. The molecule has 2 fully saturated rings. The Kier molecular flexibility index (Phi) is 6.78. The molecule has 2 aliphatic heterocycles. The van der Waals surface area contributed by atoms with E-state index in [2.05, 4.69) is 29.1 Å². The average molecular weight is 348 g/mol. The molecule has 4 nitrogen and oxygen atoms in total. The van der Waals surface area contributed by atoms with E-state index in [1.165, 1.54) is 17.7 Å². The molecule has 1 N–H and O–H groups in total. The van der Waals surface area contributed by atoms with Crippen molar-refractivity contribution in [2.24, 2.45) is 22.7 Å². The Bertz CT molecular complexity index is 423. The Morgan fingerprint density at radius 2 is 1.88 bits per heavy atom. The van der Waals surface area contributed by atoms with Gasteiger partial charge in [-0.25, -0.2) is 0 Å². The molecule has 2 unspecified atom stereocenters. The van der Waals surface area contributed by atoms with Gasteiger partial charge in [0.2, 0.25) is 0 Å². The first kappa shape index (κ1) is 19.3. The van der Waals surface area contributed by atoms with E-state index >= 15 is 0 Å². The van der Waals surface area contributed by atoms with E-state index in [1.807, 2.05) is 0 Å². The fraction of sp³-hybridized carbons (Fsp3) is 0.941. The summed E-state index contributed by atoms with van der Waals surface area (Å²) in [6.45, 7) is 7.51. The molecule has 24 heavy (non-hydrogen) atoms. The third kappa shape index (κ3) is 6.15. The molecule has 7 heteroatoms. The number of hydrogen-bond donors (Lipinski definition) is 1. The highest BCUT2D eigenvalue weighted by molar-refractivity contribution is 5.80. The Balaban J connectivity index is 1.73. The first-order chi connectivity index (χ1) is 11.3. The van der Waals surface area contributed by atoms with Crippen LogP contribution >= 0.6 is 0 Å². The van der Waals surface area contributed by atoms with Crippen molar-refractivity contribution in [1.82, 2.24) is 15.1 Å². The molecule has 0 aromatic carbocycles. The highest BCUT2D eigenvalue weighted by atomic mass is 19.4. The minimum absolute atomic E-state index is 0.262. The smallest absolute Gasteiger partial charge is 0.356 e. The lowest BCUT2D eigenvalue weighted by Crippen LogP contribution is -2.42. The lowest BCUT2D eigenvalue weighted by Gasteiger charge is -2.24. The van der Waals surface area contributed by atoms with Gasteiger partial charge in [0, 0.05) is 33.2 Å². The van der Waals surface area contributed by atoms with Crippen LogP contribution < -0.4 is 5.32 Å². The summed E-state index contributed by atoms with van der Waals surface area (Å²) >= 11 is 0. The molecule has 0 saturated carbocycles. The van der Waals surface area contributed by atoms with Crippen LogP contribution in [0.5, 0.6) is 0 Å². The summed E-state index contributed by atoms with van der Waals surface area (Å²) in [7, 11) is 1.78. The molecule has 2 aliphatic rings. The van der Waals surface area contributed by atoms with E-state index in [1.54, 1.807) is 7.05 Å². The van der Waals surface area contributed by atoms with Crippen molar-refractivity contribution in [2.45, 2.75) is 39.3 Å². The number of likely N-dealkylation sites (tertiary alicyclic amines) is 2. The third-order valence-corrected chi connectivity index (χ3v) is 4.92. The lowest BCUT2D eigenvalue weighted by molar-refractivity contribution is -0.143. The second-order valence-corrected chi connectivity index (χ2v) is 7.66. The summed E-state index contributed by atoms with van der Waals surface area (Å²) in [6.07, 6.45) is -0.848. The van der Waals surface area contributed by atoms with Crippen molar-refractivity contribution < 1.29 is 13.2 Å². The molecule has 0 bridgehead atoms. The fourth-order valence-corrected chi connectivity index (χ4v) is 3.93. The van der Waals surface area contributed by atoms with E-state index in [0.29, 0.717) is 25.6 Å². The third-order valence-electron chi connectivity index (χ3n) is 4.92. The lowest BCUT2D eigenvalue weighted by atomic mass is 9.97. The molecule has 0 aliphatic carbocycles. The minimum atomic E-state index is -4.10. The molecule has 140 valence electrons. The number of rotatable bonds is 5. The molecule has 2 atom stereocenters. The van der Waals surface area contributed by atoms with Crippen molar-refractivity contribution in [3.8, 4) is 0 Å². The van der Waals surface area contributed by atoms with Gasteiger partial charge in [-0.3, -0.25) is 9.89 Å². The van der Waals surface area contributed by atoms with Crippen LogP contribution in [0, 0.1) is 17.8 Å². The van der Waals surface area contributed by atoms with Gasteiger partial charge < -0.3 is 10.2 Å². The van der Waals surface area contributed by atoms with Crippen LogP contribution in [-0.2, 0) is 0 Å². The number of aliphatic imine (C=N–C) groups is 1. The maximum absolute atomic E-state index is 12.5. The molecule has 2 heterocycles. The molecule has 2 rings (SSSR count). The number of nitrogens with one attached hydrogen (secondary N) is 1. The van der Waals surface area contributed by atoms with Crippen molar-refractivity contribution in [2.75, 3.05) is 46.3 Å². The summed E-state index contributed by atoms with van der Waals surface area (Å²) < 4.78 is 37.4. The zero-order valence-electron chi connectivity index (χ0n) is 15.1. The van der Waals surface area contributed by atoms with E-state index in [9.17, 15) is 13.2 Å².